The second kappa shape index (κ2) is 5.45. The van der Waals surface area contributed by atoms with E-state index in [2.05, 4.69) is 4.98 Å². The van der Waals surface area contributed by atoms with Gasteiger partial charge in [-0.1, -0.05) is 0 Å². The molecular weight excluding hydrogens is 240 g/mol. The van der Waals surface area contributed by atoms with Gasteiger partial charge in [-0.3, -0.25) is 4.98 Å². The molecule has 0 bridgehead atoms. The molecule has 3 rings (SSSR count). The lowest BCUT2D eigenvalue weighted by Crippen LogP contribution is -2.25. The van der Waals surface area contributed by atoms with Gasteiger partial charge >= 0.3 is 0 Å². The third-order valence-electron chi connectivity index (χ3n) is 3.46. The summed E-state index contributed by atoms with van der Waals surface area (Å²) in [5, 5.41) is 0.957. The Kier molecular flexibility index (Phi) is 3.51. The van der Waals surface area contributed by atoms with E-state index in [9.17, 15) is 0 Å². The van der Waals surface area contributed by atoms with Crippen molar-refractivity contribution in [2.24, 2.45) is 0 Å². The Morgan fingerprint density at radius 1 is 1.32 bits per heavy atom. The Bertz CT molecular complexity index is 565. The largest absolute Gasteiger partial charge is 0.490 e. The first-order valence-corrected chi connectivity index (χ1v) is 6.72. The van der Waals surface area contributed by atoms with E-state index < -0.39 is 0 Å². The van der Waals surface area contributed by atoms with E-state index in [-0.39, 0.29) is 6.10 Å². The molecule has 1 fully saturated rings. The highest BCUT2D eigenvalue weighted by atomic mass is 16.5. The van der Waals surface area contributed by atoms with Crippen LogP contribution in [0.5, 0.6) is 5.75 Å². The quantitative estimate of drug-likeness (QED) is 0.860. The SMILES string of the molecule is Nc1ccc(OCC2CCCCO2)c2cccnc12. The number of nitrogens with two attached hydrogens (primary N) is 1. The summed E-state index contributed by atoms with van der Waals surface area (Å²) in [7, 11) is 0. The smallest absolute Gasteiger partial charge is 0.128 e. The first kappa shape index (κ1) is 12.2. The summed E-state index contributed by atoms with van der Waals surface area (Å²) in [5.74, 6) is 0.825. The van der Waals surface area contributed by atoms with Crippen LogP contribution < -0.4 is 10.5 Å². The second-order valence-corrected chi connectivity index (χ2v) is 4.85. The molecule has 4 heteroatoms. The molecule has 1 unspecified atom stereocenters. The minimum atomic E-state index is 0.207. The second-order valence-electron chi connectivity index (χ2n) is 4.85. The molecule has 0 spiro atoms. The van der Waals surface area contributed by atoms with E-state index in [1.165, 1.54) is 6.42 Å². The average molecular weight is 258 g/mol. The number of ether oxygens (including phenoxy) is 2. The normalized spacial score (nSPS) is 19.5. The van der Waals surface area contributed by atoms with Crippen molar-refractivity contribution in [3.05, 3.63) is 30.5 Å². The van der Waals surface area contributed by atoms with Crippen LogP contribution in [0.2, 0.25) is 0 Å². The van der Waals surface area contributed by atoms with Crippen molar-refractivity contribution in [2.45, 2.75) is 25.4 Å². The van der Waals surface area contributed by atoms with Crippen molar-refractivity contribution in [1.82, 2.24) is 4.98 Å². The van der Waals surface area contributed by atoms with E-state index in [0.717, 1.165) is 36.1 Å². The number of nitrogen functional groups attached to an aromatic ring is 1. The summed E-state index contributed by atoms with van der Waals surface area (Å²) in [5.41, 5.74) is 7.39. The zero-order valence-corrected chi connectivity index (χ0v) is 10.8. The molecule has 1 aromatic carbocycles. The van der Waals surface area contributed by atoms with Gasteiger partial charge in [0, 0.05) is 18.2 Å². The summed E-state index contributed by atoms with van der Waals surface area (Å²) in [4.78, 5) is 4.30. The van der Waals surface area contributed by atoms with E-state index in [4.69, 9.17) is 15.2 Å². The van der Waals surface area contributed by atoms with Crippen LogP contribution in [-0.4, -0.2) is 24.3 Å². The fourth-order valence-electron chi connectivity index (χ4n) is 2.42. The van der Waals surface area contributed by atoms with Crippen molar-refractivity contribution in [2.75, 3.05) is 18.9 Å². The molecule has 0 amide bonds. The summed E-state index contributed by atoms with van der Waals surface area (Å²) in [6, 6.07) is 7.62. The molecule has 2 heterocycles. The molecule has 2 aromatic rings. The van der Waals surface area contributed by atoms with Crippen molar-refractivity contribution >= 4 is 16.6 Å². The van der Waals surface area contributed by atoms with E-state index in [0.29, 0.717) is 12.3 Å². The molecule has 1 aliphatic rings. The lowest BCUT2D eigenvalue weighted by Gasteiger charge is -2.23. The van der Waals surface area contributed by atoms with Crippen molar-refractivity contribution < 1.29 is 9.47 Å². The average Bonchev–Trinajstić information content (AvgIpc) is 2.48. The van der Waals surface area contributed by atoms with Crippen LogP contribution in [0, 0.1) is 0 Å². The standard InChI is InChI=1S/C15H18N2O2/c16-13-6-7-14(12-5-3-8-17-15(12)13)19-10-11-4-1-2-9-18-11/h3,5-8,11H,1-2,4,9-10,16H2. The van der Waals surface area contributed by atoms with Gasteiger partial charge in [-0.25, -0.2) is 0 Å². The first-order chi connectivity index (χ1) is 9.34. The number of fused-ring (bicyclic) bond motifs is 1. The third-order valence-corrected chi connectivity index (χ3v) is 3.46. The van der Waals surface area contributed by atoms with Crippen molar-refractivity contribution in [3.63, 3.8) is 0 Å². The fraction of sp³-hybridized carbons (Fsp3) is 0.400. The van der Waals surface area contributed by atoms with Crippen molar-refractivity contribution in [3.8, 4) is 5.75 Å². The minimum Gasteiger partial charge on any atom is -0.490 e. The Morgan fingerprint density at radius 2 is 2.26 bits per heavy atom. The number of benzene rings is 1. The third kappa shape index (κ3) is 2.63. The van der Waals surface area contributed by atoms with Crippen LogP contribution in [0.15, 0.2) is 30.5 Å². The Balaban J connectivity index is 1.79. The summed E-state index contributed by atoms with van der Waals surface area (Å²) in [6.07, 6.45) is 5.40. The minimum absolute atomic E-state index is 0.207. The zero-order valence-electron chi connectivity index (χ0n) is 10.8. The number of rotatable bonds is 3. The van der Waals surface area contributed by atoms with E-state index in [1.807, 2.05) is 24.3 Å². The van der Waals surface area contributed by atoms with Gasteiger partial charge in [-0.2, -0.15) is 0 Å². The summed E-state index contributed by atoms with van der Waals surface area (Å²) in [6.45, 7) is 1.44. The van der Waals surface area contributed by atoms with Gasteiger partial charge in [0.2, 0.25) is 0 Å². The molecule has 0 saturated carbocycles. The van der Waals surface area contributed by atoms with E-state index in [1.54, 1.807) is 6.20 Å². The lowest BCUT2D eigenvalue weighted by molar-refractivity contribution is -0.0107. The molecule has 1 saturated heterocycles. The molecular formula is C15H18N2O2. The maximum Gasteiger partial charge on any atom is 0.128 e. The predicted molar refractivity (Wildman–Crippen MR) is 75.2 cm³/mol. The highest BCUT2D eigenvalue weighted by Gasteiger charge is 2.15. The molecule has 0 radical (unpaired) electrons. The highest BCUT2D eigenvalue weighted by Crippen LogP contribution is 2.28. The topological polar surface area (TPSA) is 57.4 Å². The predicted octanol–water partition coefficient (Wildman–Crippen LogP) is 2.76. The number of nitrogens with zero attached hydrogens (tertiary/aromatic N) is 1. The van der Waals surface area contributed by atoms with Gasteiger partial charge in [0.25, 0.3) is 0 Å². The molecule has 0 aliphatic carbocycles. The fourth-order valence-corrected chi connectivity index (χ4v) is 2.42. The van der Waals surface area contributed by atoms with Crippen LogP contribution in [0.1, 0.15) is 19.3 Å². The van der Waals surface area contributed by atoms with Crippen LogP contribution in [-0.2, 0) is 4.74 Å². The summed E-state index contributed by atoms with van der Waals surface area (Å²) < 4.78 is 11.6. The van der Waals surface area contributed by atoms with Gasteiger partial charge in [-0.15, -0.1) is 0 Å². The Labute approximate surface area is 112 Å². The molecule has 100 valence electrons. The maximum absolute atomic E-state index is 5.92. The van der Waals surface area contributed by atoms with Gasteiger partial charge in [0.1, 0.15) is 12.4 Å². The molecule has 4 nitrogen and oxygen atoms in total. The number of pyridine rings is 1. The van der Waals surface area contributed by atoms with Gasteiger partial charge in [-0.05, 0) is 43.5 Å². The van der Waals surface area contributed by atoms with Crippen LogP contribution >= 0.6 is 0 Å². The highest BCUT2D eigenvalue weighted by molar-refractivity contribution is 5.93. The zero-order chi connectivity index (χ0) is 13.1. The van der Waals surface area contributed by atoms with Gasteiger partial charge in [0.05, 0.1) is 17.3 Å². The number of aromatic nitrogens is 1. The van der Waals surface area contributed by atoms with Crippen LogP contribution in [0.4, 0.5) is 5.69 Å². The van der Waals surface area contributed by atoms with Crippen LogP contribution in [0.25, 0.3) is 10.9 Å². The molecule has 1 aliphatic heterocycles. The molecule has 1 atom stereocenters. The molecule has 19 heavy (non-hydrogen) atoms. The summed E-state index contributed by atoms with van der Waals surface area (Å²) >= 11 is 0. The molecule has 2 N–H and O–H groups in total. The Morgan fingerprint density at radius 3 is 3.11 bits per heavy atom. The first-order valence-electron chi connectivity index (χ1n) is 6.72. The van der Waals surface area contributed by atoms with Crippen molar-refractivity contribution in [1.29, 1.82) is 0 Å². The molecule has 1 aromatic heterocycles. The number of anilines is 1. The van der Waals surface area contributed by atoms with Gasteiger partial charge in [0.15, 0.2) is 0 Å². The van der Waals surface area contributed by atoms with E-state index >= 15 is 0 Å². The Hall–Kier alpha value is -1.81. The number of hydrogen-bond acceptors (Lipinski definition) is 4. The lowest BCUT2D eigenvalue weighted by atomic mass is 10.1. The number of hydrogen-bond donors (Lipinski definition) is 1. The van der Waals surface area contributed by atoms with Gasteiger partial charge < -0.3 is 15.2 Å². The van der Waals surface area contributed by atoms with Crippen LogP contribution in [0.3, 0.4) is 0 Å². The maximum atomic E-state index is 5.92. The monoisotopic (exact) mass is 258 g/mol.